The van der Waals surface area contributed by atoms with Crippen LogP contribution < -0.4 is 11.1 Å². The van der Waals surface area contributed by atoms with Crippen LogP contribution in [0.5, 0.6) is 0 Å². The third-order valence-electron chi connectivity index (χ3n) is 5.35. The third-order valence-corrected chi connectivity index (χ3v) is 5.35. The Bertz CT molecular complexity index is 838. The molecule has 1 aromatic heterocycles. The first-order valence-corrected chi connectivity index (χ1v) is 9.05. The summed E-state index contributed by atoms with van der Waals surface area (Å²) in [7, 11) is 0. The minimum atomic E-state index is -4.32. The molecule has 0 aromatic carbocycles. The largest absolute Gasteiger partial charge is 0.401 e. The van der Waals surface area contributed by atoms with E-state index in [4.69, 9.17) is 5.73 Å². The lowest BCUT2D eigenvalue weighted by Crippen LogP contribution is -2.48. The predicted octanol–water partition coefficient (Wildman–Crippen LogP) is 1.55. The van der Waals surface area contributed by atoms with Crippen LogP contribution in [0.3, 0.4) is 0 Å². The molecule has 1 saturated carbocycles. The van der Waals surface area contributed by atoms with Gasteiger partial charge in [0.2, 0.25) is 5.91 Å². The molecule has 1 saturated heterocycles. The van der Waals surface area contributed by atoms with E-state index in [1.54, 1.807) is 0 Å². The second kappa shape index (κ2) is 7.62. The van der Waals surface area contributed by atoms with E-state index in [9.17, 15) is 32.4 Å². The molecule has 2 atom stereocenters. The van der Waals surface area contributed by atoms with E-state index < -0.39 is 42.2 Å². The second-order valence-corrected chi connectivity index (χ2v) is 7.50. The number of amides is 2. The summed E-state index contributed by atoms with van der Waals surface area (Å²) in [6.45, 7) is -0.880. The highest BCUT2D eigenvalue weighted by atomic mass is 19.4. The average molecular weight is 416 g/mol. The van der Waals surface area contributed by atoms with Crippen molar-refractivity contribution >= 4 is 17.6 Å². The number of aromatic nitrogens is 2. The number of likely N-dealkylation sites (tertiary alicyclic amines) is 1. The Labute approximate surface area is 163 Å². The number of nitrogens with two attached hydrogens (primary N) is 1. The van der Waals surface area contributed by atoms with Crippen LogP contribution >= 0.6 is 0 Å². The van der Waals surface area contributed by atoms with Gasteiger partial charge in [-0.05, 0) is 19.3 Å². The number of nitriles is 1. The molecule has 2 fully saturated rings. The summed E-state index contributed by atoms with van der Waals surface area (Å²) < 4.78 is 52.3. The van der Waals surface area contributed by atoms with Crippen LogP contribution in [0.1, 0.15) is 36.0 Å². The summed E-state index contributed by atoms with van der Waals surface area (Å²) in [6.07, 6.45) is -3.85. The Morgan fingerprint density at radius 1 is 1.38 bits per heavy atom. The molecule has 2 heterocycles. The predicted molar refractivity (Wildman–Crippen MR) is 92.3 cm³/mol. The average Bonchev–Trinajstić information content (AvgIpc) is 3.19. The standard InChI is InChI=1S/C17H20F4N6O2/c18-12-7-10(12)15(29)24-14-11(13(23)28)8-27(25-14)16(1-4-22)2-5-26(6-3-16)9-17(19,20)21/h8,10,12H,1-3,5-7,9H2,(H2,23,28)(H,24,25,29)/t10-,12+/m0/s1. The highest BCUT2D eigenvalue weighted by molar-refractivity contribution is 6.03. The number of primary amides is 1. The molecule has 1 aromatic rings. The maximum atomic E-state index is 13.1. The molecule has 3 rings (SSSR count). The second-order valence-electron chi connectivity index (χ2n) is 7.50. The van der Waals surface area contributed by atoms with Gasteiger partial charge >= 0.3 is 6.18 Å². The number of alkyl halides is 4. The topological polar surface area (TPSA) is 117 Å². The summed E-state index contributed by atoms with van der Waals surface area (Å²) in [6, 6.07) is 2.02. The fourth-order valence-corrected chi connectivity index (χ4v) is 3.55. The van der Waals surface area contributed by atoms with Gasteiger partial charge in [0.1, 0.15) is 11.7 Å². The lowest BCUT2D eigenvalue weighted by atomic mass is 9.85. The van der Waals surface area contributed by atoms with Crippen molar-refractivity contribution in [1.29, 1.82) is 5.26 Å². The molecule has 0 bridgehead atoms. The molecule has 12 heteroatoms. The first kappa shape index (κ1) is 21.0. The van der Waals surface area contributed by atoms with Gasteiger partial charge in [0.15, 0.2) is 5.82 Å². The van der Waals surface area contributed by atoms with Crippen molar-refractivity contribution in [3.8, 4) is 6.07 Å². The van der Waals surface area contributed by atoms with Gasteiger partial charge in [-0.25, -0.2) is 4.39 Å². The van der Waals surface area contributed by atoms with Crippen LogP contribution in [0.25, 0.3) is 0 Å². The molecular weight excluding hydrogens is 396 g/mol. The Morgan fingerprint density at radius 2 is 2.00 bits per heavy atom. The number of carbonyl (C=O) groups is 2. The number of carbonyl (C=O) groups excluding carboxylic acids is 2. The van der Waals surface area contributed by atoms with E-state index in [1.807, 2.05) is 6.07 Å². The normalized spacial score (nSPS) is 24.0. The molecular formula is C17H20F4N6O2. The van der Waals surface area contributed by atoms with Gasteiger partial charge in [0, 0.05) is 19.3 Å². The molecule has 0 unspecified atom stereocenters. The van der Waals surface area contributed by atoms with Gasteiger partial charge < -0.3 is 11.1 Å². The van der Waals surface area contributed by atoms with Crippen molar-refractivity contribution in [3.05, 3.63) is 11.8 Å². The molecule has 158 valence electrons. The molecule has 1 aliphatic heterocycles. The van der Waals surface area contributed by atoms with E-state index in [0.717, 1.165) is 0 Å². The lowest BCUT2D eigenvalue weighted by molar-refractivity contribution is -0.150. The number of hydrogen-bond acceptors (Lipinski definition) is 5. The third kappa shape index (κ3) is 4.67. The van der Waals surface area contributed by atoms with Crippen LogP contribution in [0.4, 0.5) is 23.4 Å². The number of rotatable bonds is 6. The molecule has 0 spiro atoms. The minimum absolute atomic E-state index is 0.0463. The Morgan fingerprint density at radius 3 is 2.48 bits per heavy atom. The number of hydrogen-bond donors (Lipinski definition) is 2. The number of anilines is 1. The molecule has 8 nitrogen and oxygen atoms in total. The molecule has 3 N–H and O–H groups in total. The highest BCUT2D eigenvalue weighted by Crippen LogP contribution is 2.37. The maximum absolute atomic E-state index is 13.1. The van der Waals surface area contributed by atoms with Gasteiger partial charge in [0.25, 0.3) is 5.91 Å². The smallest absolute Gasteiger partial charge is 0.365 e. The number of piperidine rings is 1. The van der Waals surface area contributed by atoms with Crippen LogP contribution in [-0.2, 0) is 10.3 Å². The Balaban J connectivity index is 1.82. The zero-order valence-corrected chi connectivity index (χ0v) is 15.4. The quantitative estimate of drug-likeness (QED) is 0.683. The number of nitrogens with one attached hydrogen (secondary N) is 1. The minimum Gasteiger partial charge on any atom is -0.365 e. The van der Waals surface area contributed by atoms with Crippen molar-refractivity contribution in [2.75, 3.05) is 25.0 Å². The van der Waals surface area contributed by atoms with Crippen molar-refractivity contribution in [3.63, 3.8) is 0 Å². The first-order valence-electron chi connectivity index (χ1n) is 9.05. The Hall–Kier alpha value is -2.68. The first-order chi connectivity index (χ1) is 13.5. The van der Waals surface area contributed by atoms with Gasteiger partial charge in [-0.2, -0.15) is 23.5 Å². The fourth-order valence-electron chi connectivity index (χ4n) is 3.55. The SMILES string of the molecule is N#CCC1(n2cc(C(N)=O)c(NC(=O)[C@H]3C[C@H]3F)n2)CCN(CC(F)(F)F)CC1. The summed E-state index contributed by atoms with van der Waals surface area (Å²) in [5, 5.41) is 15.8. The Kier molecular flexibility index (Phi) is 5.53. The molecule has 29 heavy (non-hydrogen) atoms. The molecule has 1 aliphatic carbocycles. The van der Waals surface area contributed by atoms with Gasteiger partial charge in [-0.15, -0.1) is 0 Å². The van der Waals surface area contributed by atoms with Crippen LogP contribution in [0.2, 0.25) is 0 Å². The van der Waals surface area contributed by atoms with Crippen LogP contribution in [-0.4, -0.2) is 58.5 Å². The number of halogens is 4. The zero-order valence-electron chi connectivity index (χ0n) is 15.4. The fraction of sp³-hybridized carbons (Fsp3) is 0.647. The monoisotopic (exact) mass is 416 g/mol. The summed E-state index contributed by atoms with van der Waals surface area (Å²) in [5.41, 5.74) is 4.30. The van der Waals surface area contributed by atoms with E-state index >= 15 is 0 Å². The zero-order chi connectivity index (χ0) is 21.4. The van der Waals surface area contributed by atoms with Gasteiger partial charge in [0.05, 0.1) is 30.5 Å². The van der Waals surface area contributed by atoms with E-state index in [2.05, 4.69) is 10.4 Å². The van der Waals surface area contributed by atoms with Crippen molar-refractivity contribution in [2.24, 2.45) is 11.7 Å². The van der Waals surface area contributed by atoms with Crippen molar-refractivity contribution in [1.82, 2.24) is 14.7 Å². The van der Waals surface area contributed by atoms with Gasteiger partial charge in [-0.1, -0.05) is 0 Å². The summed E-state index contributed by atoms with van der Waals surface area (Å²) in [5.74, 6) is -2.45. The summed E-state index contributed by atoms with van der Waals surface area (Å²) in [4.78, 5) is 25.0. The van der Waals surface area contributed by atoms with Crippen molar-refractivity contribution < 1.29 is 27.2 Å². The van der Waals surface area contributed by atoms with Crippen molar-refractivity contribution in [2.45, 2.75) is 43.6 Å². The lowest BCUT2D eigenvalue weighted by Gasteiger charge is -2.40. The number of nitrogens with zero attached hydrogens (tertiary/aromatic N) is 4. The van der Waals surface area contributed by atoms with E-state index in [1.165, 1.54) is 15.8 Å². The molecule has 0 radical (unpaired) electrons. The van der Waals surface area contributed by atoms with E-state index in [0.29, 0.717) is 0 Å². The van der Waals surface area contributed by atoms with Crippen LogP contribution in [0.15, 0.2) is 6.20 Å². The van der Waals surface area contributed by atoms with Gasteiger partial charge in [-0.3, -0.25) is 19.2 Å². The van der Waals surface area contributed by atoms with Crippen LogP contribution in [0, 0.1) is 17.2 Å². The molecule has 2 aliphatic rings. The highest BCUT2D eigenvalue weighted by Gasteiger charge is 2.45. The van der Waals surface area contributed by atoms with E-state index in [-0.39, 0.29) is 50.2 Å². The summed E-state index contributed by atoms with van der Waals surface area (Å²) >= 11 is 0. The molecule has 2 amide bonds. The maximum Gasteiger partial charge on any atom is 0.401 e.